The maximum atomic E-state index is 9.08. The van der Waals surface area contributed by atoms with Gasteiger partial charge in [-0.25, -0.2) is 0 Å². The van der Waals surface area contributed by atoms with Crippen LogP contribution in [0.15, 0.2) is 17.5 Å². The standard InChI is InChI=1S/C10H15NOS/c1-11-6-8(7-12)5-9(11)10-3-2-4-13-10/h2-4,8-9,12H,5-7H2,1H3/t8-,9-/m0/s1. The SMILES string of the molecule is CN1C[C@@H](CO)C[C@H]1c1cccs1. The summed E-state index contributed by atoms with van der Waals surface area (Å²) in [5, 5.41) is 11.2. The second-order valence-corrected chi connectivity index (χ2v) is 4.73. The molecule has 2 rings (SSSR count). The van der Waals surface area contributed by atoms with Gasteiger partial charge >= 0.3 is 0 Å². The Balaban J connectivity index is 2.09. The highest BCUT2D eigenvalue weighted by molar-refractivity contribution is 7.10. The maximum absolute atomic E-state index is 9.08. The van der Waals surface area contributed by atoms with Crippen molar-refractivity contribution in [2.24, 2.45) is 5.92 Å². The van der Waals surface area contributed by atoms with E-state index in [0.717, 1.165) is 13.0 Å². The number of aliphatic hydroxyl groups is 1. The molecule has 0 radical (unpaired) electrons. The van der Waals surface area contributed by atoms with Gasteiger partial charge in [-0.2, -0.15) is 0 Å². The third kappa shape index (κ3) is 1.77. The maximum Gasteiger partial charge on any atom is 0.0472 e. The van der Waals surface area contributed by atoms with E-state index in [4.69, 9.17) is 5.11 Å². The highest BCUT2D eigenvalue weighted by Crippen LogP contribution is 2.35. The third-order valence-corrected chi connectivity index (χ3v) is 3.74. The van der Waals surface area contributed by atoms with Crippen LogP contribution in [-0.2, 0) is 0 Å². The van der Waals surface area contributed by atoms with Crippen molar-refractivity contribution in [2.75, 3.05) is 20.2 Å². The topological polar surface area (TPSA) is 23.5 Å². The number of aliphatic hydroxyl groups excluding tert-OH is 1. The Morgan fingerprint density at radius 1 is 1.69 bits per heavy atom. The molecule has 0 amide bonds. The van der Waals surface area contributed by atoms with Crippen molar-refractivity contribution in [3.63, 3.8) is 0 Å². The number of thiophene rings is 1. The summed E-state index contributed by atoms with van der Waals surface area (Å²) >= 11 is 1.81. The molecule has 0 unspecified atom stereocenters. The van der Waals surface area contributed by atoms with E-state index in [9.17, 15) is 0 Å². The van der Waals surface area contributed by atoms with Gasteiger partial charge < -0.3 is 5.11 Å². The second kappa shape index (κ2) is 3.78. The first-order chi connectivity index (χ1) is 6.31. The largest absolute Gasteiger partial charge is 0.396 e. The Bertz CT molecular complexity index is 260. The van der Waals surface area contributed by atoms with Crippen molar-refractivity contribution < 1.29 is 5.11 Å². The van der Waals surface area contributed by atoms with Crippen molar-refractivity contribution in [2.45, 2.75) is 12.5 Å². The lowest BCUT2D eigenvalue weighted by Gasteiger charge is -2.17. The van der Waals surface area contributed by atoms with Crippen LogP contribution < -0.4 is 0 Å². The summed E-state index contributed by atoms with van der Waals surface area (Å²) in [6, 6.07) is 4.82. The predicted octanol–water partition coefficient (Wildman–Crippen LogP) is 1.73. The van der Waals surface area contributed by atoms with E-state index in [1.54, 1.807) is 0 Å². The molecular formula is C10H15NOS. The molecule has 0 aliphatic carbocycles. The lowest BCUT2D eigenvalue weighted by Crippen LogP contribution is -2.18. The lowest BCUT2D eigenvalue weighted by molar-refractivity contribution is 0.227. The van der Waals surface area contributed by atoms with Crippen molar-refractivity contribution in [3.05, 3.63) is 22.4 Å². The zero-order valence-corrected chi connectivity index (χ0v) is 8.63. The zero-order chi connectivity index (χ0) is 9.26. The molecule has 1 aliphatic rings. The van der Waals surface area contributed by atoms with Crippen LogP contribution in [0.2, 0.25) is 0 Å². The van der Waals surface area contributed by atoms with Gasteiger partial charge in [-0.15, -0.1) is 11.3 Å². The fourth-order valence-electron chi connectivity index (χ4n) is 2.05. The van der Waals surface area contributed by atoms with Crippen molar-refractivity contribution in [3.8, 4) is 0 Å². The Morgan fingerprint density at radius 3 is 3.08 bits per heavy atom. The smallest absolute Gasteiger partial charge is 0.0472 e. The summed E-state index contributed by atoms with van der Waals surface area (Å²) in [6.07, 6.45) is 1.10. The van der Waals surface area contributed by atoms with Crippen molar-refractivity contribution in [1.82, 2.24) is 4.90 Å². The van der Waals surface area contributed by atoms with Gasteiger partial charge in [0.2, 0.25) is 0 Å². The number of nitrogens with zero attached hydrogens (tertiary/aromatic N) is 1. The molecule has 2 atom stereocenters. The van der Waals surface area contributed by atoms with Crippen LogP contribution in [0.5, 0.6) is 0 Å². The Hall–Kier alpha value is -0.380. The zero-order valence-electron chi connectivity index (χ0n) is 7.81. The molecule has 2 nitrogen and oxygen atoms in total. The van der Waals surface area contributed by atoms with Gasteiger partial charge in [0.15, 0.2) is 0 Å². The molecule has 0 saturated carbocycles. The summed E-state index contributed by atoms with van der Waals surface area (Å²) in [4.78, 5) is 3.77. The van der Waals surface area contributed by atoms with Crippen LogP contribution >= 0.6 is 11.3 Å². The number of likely N-dealkylation sites (tertiary alicyclic amines) is 1. The van der Waals surface area contributed by atoms with Crippen molar-refractivity contribution in [1.29, 1.82) is 0 Å². The quantitative estimate of drug-likeness (QED) is 0.780. The molecule has 0 aromatic carbocycles. The van der Waals surface area contributed by atoms with E-state index in [1.165, 1.54) is 4.88 Å². The summed E-state index contributed by atoms with van der Waals surface area (Å²) in [5.74, 6) is 0.470. The predicted molar refractivity (Wildman–Crippen MR) is 54.9 cm³/mol. The molecule has 1 aromatic heterocycles. The Morgan fingerprint density at radius 2 is 2.54 bits per heavy atom. The van der Waals surface area contributed by atoms with E-state index < -0.39 is 0 Å². The van der Waals surface area contributed by atoms with E-state index in [1.807, 2.05) is 11.3 Å². The van der Waals surface area contributed by atoms with E-state index >= 15 is 0 Å². The first kappa shape index (κ1) is 9.19. The number of hydrogen-bond acceptors (Lipinski definition) is 3. The summed E-state index contributed by atoms with van der Waals surface area (Å²) < 4.78 is 0. The van der Waals surface area contributed by atoms with Crippen LogP contribution in [0.1, 0.15) is 17.3 Å². The molecule has 1 aromatic rings. The van der Waals surface area contributed by atoms with Gasteiger partial charge in [-0.1, -0.05) is 6.07 Å². The van der Waals surface area contributed by atoms with Crippen LogP contribution in [0.4, 0.5) is 0 Å². The van der Waals surface area contributed by atoms with Gasteiger partial charge in [-0.05, 0) is 30.8 Å². The summed E-state index contributed by atoms with van der Waals surface area (Å²) in [5.41, 5.74) is 0. The number of hydrogen-bond donors (Lipinski definition) is 1. The fraction of sp³-hybridized carbons (Fsp3) is 0.600. The van der Waals surface area contributed by atoms with Gasteiger partial charge in [-0.3, -0.25) is 4.90 Å². The van der Waals surface area contributed by atoms with Gasteiger partial charge in [0.25, 0.3) is 0 Å². The molecular weight excluding hydrogens is 182 g/mol. The highest BCUT2D eigenvalue weighted by Gasteiger charge is 2.30. The van der Waals surface area contributed by atoms with E-state index in [0.29, 0.717) is 18.6 Å². The van der Waals surface area contributed by atoms with Crippen LogP contribution in [0.3, 0.4) is 0 Å². The summed E-state index contributed by atoms with van der Waals surface area (Å²) in [7, 11) is 2.14. The van der Waals surface area contributed by atoms with Gasteiger partial charge in [0, 0.05) is 24.1 Å². The average molecular weight is 197 g/mol. The molecule has 1 aliphatic heterocycles. The average Bonchev–Trinajstić information content (AvgIpc) is 2.72. The third-order valence-electron chi connectivity index (χ3n) is 2.76. The normalized spacial score (nSPS) is 29.7. The summed E-state index contributed by atoms with van der Waals surface area (Å²) in [6.45, 7) is 1.35. The lowest BCUT2D eigenvalue weighted by atomic mass is 10.1. The minimum atomic E-state index is 0.326. The van der Waals surface area contributed by atoms with E-state index in [2.05, 4.69) is 29.5 Å². The molecule has 13 heavy (non-hydrogen) atoms. The van der Waals surface area contributed by atoms with Crippen LogP contribution in [0.25, 0.3) is 0 Å². The first-order valence-corrected chi connectivity index (χ1v) is 5.53. The monoisotopic (exact) mass is 197 g/mol. The van der Waals surface area contributed by atoms with Crippen molar-refractivity contribution >= 4 is 11.3 Å². The molecule has 0 spiro atoms. The molecule has 0 bridgehead atoms. The van der Waals surface area contributed by atoms with Crippen LogP contribution in [-0.4, -0.2) is 30.2 Å². The minimum Gasteiger partial charge on any atom is -0.396 e. The molecule has 3 heteroatoms. The molecule has 1 N–H and O–H groups in total. The molecule has 2 heterocycles. The molecule has 1 fully saturated rings. The highest BCUT2D eigenvalue weighted by atomic mass is 32.1. The van der Waals surface area contributed by atoms with Gasteiger partial charge in [0.05, 0.1) is 0 Å². The van der Waals surface area contributed by atoms with E-state index in [-0.39, 0.29) is 0 Å². The Kier molecular flexibility index (Phi) is 2.67. The fourth-order valence-corrected chi connectivity index (χ4v) is 2.96. The van der Waals surface area contributed by atoms with Crippen LogP contribution in [0, 0.1) is 5.92 Å². The van der Waals surface area contributed by atoms with Gasteiger partial charge in [0.1, 0.15) is 0 Å². The molecule has 72 valence electrons. The first-order valence-electron chi connectivity index (χ1n) is 4.65. The second-order valence-electron chi connectivity index (χ2n) is 3.76. The minimum absolute atomic E-state index is 0.326. The molecule has 1 saturated heterocycles. The number of rotatable bonds is 2. The Labute approximate surface area is 82.8 Å².